The van der Waals surface area contributed by atoms with Crippen molar-refractivity contribution >= 4 is 40.3 Å². The minimum Gasteiger partial charge on any atom is -0.358 e. The van der Waals surface area contributed by atoms with Crippen molar-refractivity contribution in [2.24, 2.45) is 0 Å². The van der Waals surface area contributed by atoms with E-state index in [1.165, 1.54) is 0 Å². The number of carbonyl (C=O) groups excluding carboxylic acids is 1. The van der Waals surface area contributed by atoms with E-state index in [1.807, 2.05) is 12.1 Å². The van der Waals surface area contributed by atoms with Gasteiger partial charge in [0.25, 0.3) is 0 Å². The van der Waals surface area contributed by atoms with Crippen LogP contribution in [0.2, 0.25) is 10.2 Å². The summed E-state index contributed by atoms with van der Waals surface area (Å²) in [6.45, 7) is 0.109. The number of halogens is 2. The van der Waals surface area contributed by atoms with E-state index in [-0.39, 0.29) is 12.5 Å². The van der Waals surface area contributed by atoms with Crippen molar-refractivity contribution in [3.63, 3.8) is 0 Å². The quantitative estimate of drug-likeness (QED) is 0.748. The first kappa shape index (κ1) is 14.8. The molecular formula is C15H12Cl2N4O. The molecule has 0 spiro atoms. The lowest BCUT2D eigenvalue weighted by molar-refractivity contribution is -0.121. The van der Waals surface area contributed by atoms with Crippen LogP contribution in [0.1, 0.15) is 0 Å². The molecule has 3 aromatic rings. The maximum absolute atomic E-state index is 11.8. The van der Waals surface area contributed by atoms with Gasteiger partial charge in [-0.05, 0) is 36.4 Å². The Morgan fingerprint density at radius 3 is 2.55 bits per heavy atom. The van der Waals surface area contributed by atoms with Crippen molar-refractivity contribution in [1.29, 1.82) is 0 Å². The molecular weight excluding hydrogens is 323 g/mol. The molecule has 0 fully saturated rings. The minimum atomic E-state index is -0.142. The molecule has 0 saturated heterocycles. The molecule has 0 aliphatic heterocycles. The highest BCUT2D eigenvalue weighted by Gasteiger charge is 2.16. The molecule has 0 radical (unpaired) electrons. The van der Waals surface area contributed by atoms with Crippen LogP contribution in [0.5, 0.6) is 0 Å². The highest BCUT2D eigenvalue weighted by molar-refractivity contribution is 6.30. The molecule has 5 nitrogen and oxygen atoms in total. The summed E-state index contributed by atoms with van der Waals surface area (Å²) < 4.78 is 1.74. The summed E-state index contributed by atoms with van der Waals surface area (Å²) in [7, 11) is 1.59. The van der Waals surface area contributed by atoms with E-state index < -0.39 is 0 Å². The number of nitrogens with one attached hydrogen (secondary N) is 1. The monoisotopic (exact) mass is 334 g/mol. The first-order valence-electron chi connectivity index (χ1n) is 6.58. The van der Waals surface area contributed by atoms with Gasteiger partial charge in [0.1, 0.15) is 23.0 Å². The number of likely N-dealkylation sites (N-methyl/N-ethyl adjacent to an activating group) is 1. The van der Waals surface area contributed by atoms with Crippen LogP contribution < -0.4 is 5.32 Å². The summed E-state index contributed by atoms with van der Waals surface area (Å²) in [5, 5.41) is 3.59. The number of pyridine rings is 1. The van der Waals surface area contributed by atoms with Gasteiger partial charge in [0, 0.05) is 17.6 Å². The predicted molar refractivity (Wildman–Crippen MR) is 87.1 cm³/mol. The number of fused-ring (bicyclic) bond motifs is 1. The molecule has 1 N–H and O–H groups in total. The molecule has 0 aliphatic rings. The number of nitrogens with zero attached hydrogens (tertiary/aromatic N) is 3. The van der Waals surface area contributed by atoms with Crippen molar-refractivity contribution in [2.75, 3.05) is 7.05 Å². The maximum atomic E-state index is 11.8. The summed E-state index contributed by atoms with van der Waals surface area (Å²) in [4.78, 5) is 20.7. The van der Waals surface area contributed by atoms with Crippen molar-refractivity contribution in [3.8, 4) is 11.4 Å². The molecule has 1 amide bonds. The molecule has 0 bridgehead atoms. The van der Waals surface area contributed by atoms with Gasteiger partial charge in [0.2, 0.25) is 5.91 Å². The number of imidazole rings is 1. The molecule has 2 heterocycles. The molecule has 0 atom stereocenters. The fraction of sp³-hybridized carbons (Fsp3) is 0.133. The maximum Gasteiger partial charge on any atom is 0.239 e. The number of benzene rings is 1. The standard InChI is InChI=1S/C15H12Cl2N4O/c1-18-13(22)8-21-14(9-2-4-10(16)5-3-9)19-11-6-7-12(17)20-15(11)21/h2-7H,8H2,1H3,(H,18,22). The Kier molecular flexibility index (Phi) is 4.00. The van der Waals surface area contributed by atoms with Crippen LogP contribution in [0, 0.1) is 0 Å². The number of aromatic nitrogens is 3. The number of amides is 1. The Hall–Kier alpha value is -2.11. The Morgan fingerprint density at radius 2 is 1.86 bits per heavy atom. The van der Waals surface area contributed by atoms with E-state index in [0.29, 0.717) is 27.2 Å². The highest BCUT2D eigenvalue weighted by atomic mass is 35.5. The topological polar surface area (TPSA) is 59.8 Å². The normalized spacial score (nSPS) is 10.9. The molecule has 112 valence electrons. The van der Waals surface area contributed by atoms with Gasteiger partial charge in [-0.2, -0.15) is 0 Å². The van der Waals surface area contributed by atoms with E-state index in [2.05, 4.69) is 15.3 Å². The Morgan fingerprint density at radius 1 is 1.14 bits per heavy atom. The van der Waals surface area contributed by atoms with Crippen LogP contribution >= 0.6 is 23.2 Å². The third-order valence-electron chi connectivity index (χ3n) is 3.24. The Balaban J connectivity index is 2.21. The lowest BCUT2D eigenvalue weighted by Gasteiger charge is -2.08. The van der Waals surface area contributed by atoms with Crippen LogP contribution in [0.25, 0.3) is 22.6 Å². The average Bonchev–Trinajstić information content (AvgIpc) is 2.86. The third kappa shape index (κ3) is 2.77. The Bertz CT molecular complexity index is 843. The Labute approximate surface area is 136 Å². The van der Waals surface area contributed by atoms with Gasteiger partial charge in [0.15, 0.2) is 5.65 Å². The second-order valence-corrected chi connectivity index (χ2v) is 5.50. The van der Waals surface area contributed by atoms with Crippen molar-refractivity contribution in [3.05, 3.63) is 46.6 Å². The zero-order valence-corrected chi connectivity index (χ0v) is 13.2. The zero-order valence-electron chi connectivity index (χ0n) is 11.7. The van der Waals surface area contributed by atoms with E-state index >= 15 is 0 Å². The van der Waals surface area contributed by atoms with E-state index in [1.54, 1.807) is 35.9 Å². The molecule has 0 aliphatic carbocycles. The summed E-state index contributed by atoms with van der Waals surface area (Å²) in [6.07, 6.45) is 0. The second-order valence-electron chi connectivity index (χ2n) is 4.68. The van der Waals surface area contributed by atoms with Crippen molar-refractivity contribution in [1.82, 2.24) is 19.9 Å². The predicted octanol–water partition coefficient (Wildman–Crippen LogP) is 3.15. The third-order valence-corrected chi connectivity index (χ3v) is 3.70. The molecule has 1 aromatic carbocycles. The fourth-order valence-electron chi connectivity index (χ4n) is 2.17. The summed E-state index contributed by atoms with van der Waals surface area (Å²) in [5.74, 6) is 0.501. The second kappa shape index (κ2) is 5.94. The van der Waals surface area contributed by atoms with E-state index in [9.17, 15) is 4.79 Å². The molecule has 0 unspecified atom stereocenters. The van der Waals surface area contributed by atoms with Crippen LogP contribution in [0.4, 0.5) is 0 Å². The van der Waals surface area contributed by atoms with Crippen molar-refractivity contribution < 1.29 is 4.79 Å². The van der Waals surface area contributed by atoms with Gasteiger partial charge in [-0.25, -0.2) is 9.97 Å². The van der Waals surface area contributed by atoms with E-state index in [0.717, 1.165) is 5.56 Å². The SMILES string of the molecule is CNC(=O)Cn1c(-c2ccc(Cl)cc2)nc2ccc(Cl)nc21. The number of rotatable bonds is 3. The molecule has 3 rings (SSSR count). The number of hydrogen-bond donors (Lipinski definition) is 1. The minimum absolute atomic E-state index is 0.109. The first-order chi connectivity index (χ1) is 10.6. The van der Waals surface area contributed by atoms with Gasteiger partial charge in [-0.1, -0.05) is 23.2 Å². The van der Waals surface area contributed by atoms with Gasteiger partial charge in [-0.15, -0.1) is 0 Å². The van der Waals surface area contributed by atoms with Gasteiger partial charge in [0.05, 0.1) is 0 Å². The van der Waals surface area contributed by atoms with Crippen LogP contribution in [0.15, 0.2) is 36.4 Å². The van der Waals surface area contributed by atoms with Crippen LogP contribution in [-0.4, -0.2) is 27.5 Å². The van der Waals surface area contributed by atoms with Gasteiger partial charge >= 0.3 is 0 Å². The van der Waals surface area contributed by atoms with Crippen molar-refractivity contribution in [2.45, 2.75) is 6.54 Å². The molecule has 2 aromatic heterocycles. The summed E-state index contributed by atoms with van der Waals surface area (Å²) in [5.41, 5.74) is 2.10. The lowest BCUT2D eigenvalue weighted by atomic mass is 10.2. The molecule has 0 saturated carbocycles. The number of carbonyl (C=O) groups is 1. The van der Waals surface area contributed by atoms with Gasteiger partial charge < -0.3 is 5.32 Å². The lowest BCUT2D eigenvalue weighted by Crippen LogP contribution is -2.24. The first-order valence-corrected chi connectivity index (χ1v) is 7.33. The average molecular weight is 335 g/mol. The van der Waals surface area contributed by atoms with E-state index in [4.69, 9.17) is 23.2 Å². The zero-order chi connectivity index (χ0) is 15.7. The van der Waals surface area contributed by atoms with Crippen LogP contribution in [0.3, 0.4) is 0 Å². The van der Waals surface area contributed by atoms with Crippen LogP contribution in [-0.2, 0) is 11.3 Å². The molecule has 7 heteroatoms. The number of hydrogen-bond acceptors (Lipinski definition) is 3. The largest absolute Gasteiger partial charge is 0.358 e. The summed E-state index contributed by atoms with van der Waals surface area (Å²) in [6, 6.07) is 10.7. The van der Waals surface area contributed by atoms with Gasteiger partial charge in [-0.3, -0.25) is 9.36 Å². The molecule has 22 heavy (non-hydrogen) atoms. The highest BCUT2D eigenvalue weighted by Crippen LogP contribution is 2.26. The summed E-state index contributed by atoms with van der Waals surface area (Å²) >= 11 is 11.9. The smallest absolute Gasteiger partial charge is 0.239 e. The fourth-order valence-corrected chi connectivity index (χ4v) is 2.44.